The topological polar surface area (TPSA) is 66.4 Å². The maximum Gasteiger partial charge on any atom is 0.306 e. The number of benzene rings is 1. The van der Waals surface area contributed by atoms with Crippen LogP contribution in [0.5, 0.6) is 0 Å². The Morgan fingerprint density at radius 2 is 1.76 bits per heavy atom. The number of hydrogen-bond acceptors (Lipinski definition) is 2. The van der Waals surface area contributed by atoms with E-state index in [0.29, 0.717) is 12.8 Å². The lowest BCUT2D eigenvalue weighted by molar-refractivity contribution is -0.142. The van der Waals surface area contributed by atoms with Gasteiger partial charge in [-0.2, -0.15) is 0 Å². The third-order valence-electron chi connectivity index (χ3n) is 4.87. The van der Waals surface area contributed by atoms with Crippen LogP contribution in [0.1, 0.15) is 49.1 Å². The van der Waals surface area contributed by atoms with E-state index in [4.69, 9.17) is 5.11 Å². The predicted octanol–water partition coefficient (Wildman–Crippen LogP) is 2.48. The predicted molar refractivity (Wildman–Crippen MR) is 79.0 cm³/mol. The number of fused-ring (bicyclic) bond motifs is 1. The van der Waals surface area contributed by atoms with Crippen LogP contribution in [0.3, 0.4) is 0 Å². The number of nitrogens with one attached hydrogen (secondary N) is 1. The van der Waals surface area contributed by atoms with E-state index in [-0.39, 0.29) is 23.8 Å². The van der Waals surface area contributed by atoms with Gasteiger partial charge in [0.1, 0.15) is 0 Å². The van der Waals surface area contributed by atoms with E-state index in [1.165, 1.54) is 5.56 Å². The molecule has 21 heavy (non-hydrogen) atoms. The fraction of sp³-hybridized carbons (Fsp3) is 0.529. The number of carboxylic acid groups (broad SMARTS) is 1. The van der Waals surface area contributed by atoms with E-state index in [2.05, 4.69) is 11.4 Å². The second-order valence-electron chi connectivity index (χ2n) is 6.19. The molecule has 0 spiro atoms. The highest BCUT2D eigenvalue weighted by Gasteiger charge is 2.31. The maximum atomic E-state index is 12.5. The fourth-order valence-corrected chi connectivity index (χ4v) is 3.62. The average molecular weight is 287 g/mol. The Labute approximate surface area is 124 Å². The van der Waals surface area contributed by atoms with E-state index in [0.717, 1.165) is 31.2 Å². The third kappa shape index (κ3) is 2.94. The molecule has 2 N–H and O–H groups in total. The van der Waals surface area contributed by atoms with Crippen molar-refractivity contribution in [3.8, 4) is 0 Å². The van der Waals surface area contributed by atoms with Gasteiger partial charge in [-0.3, -0.25) is 9.59 Å². The lowest BCUT2D eigenvalue weighted by Gasteiger charge is -2.28. The van der Waals surface area contributed by atoms with Crippen LogP contribution in [0, 0.1) is 5.92 Å². The van der Waals surface area contributed by atoms with Crippen LogP contribution in [0.2, 0.25) is 0 Å². The molecule has 1 aromatic carbocycles. The molecule has 1 saturated carbocycles. The van der Waals surface area contributed by atoms with Crippen molar-refractivity contribution >= 4 is 11.9 Å². The summed E-state index contributed by atoms with van der Waals surface area (Å²) in [4.78, 5) is 23.4. The summed E-state index contributed by atoms with van der Waals surface area (Å²) < 4.78 is 0. The largest absolute Gasteiger partial charge is 0.481 e. The maximum absolute atomic E-state index is 12.5. The van der Waals surface area contributed by atoms with Crippen LogP contribution in [-0.4, -0.2) is 23.0 Å². The van der Waals surface area contributed by atoms with Crippen molar-refractivity contribution in [2.24, 2.45) is 5.92 Å². The molecule has 2 aliphatic rings. The Morgan fingerprint density at radius 3 is 2.48 bits per heavy atom. The summed E-state index contributed by atoms with van der Waals surface area (Å²) in [5.41, 5.74) is 2.45. The van der Waals surface area contributed by atoms with Gasteiger partial charge in [-0.1, -0.05) is 24.3 Å². The number of aryl methyl sites for hydroxylation is 1. The summed E-state index contributed by atoms with van der Waals surface area (Å²) >= 11 is 0. The minimum absolute atomic E-state index is 0.0293. The Bertz CT molecular complexity index is 547. The first-order valence-electron chi connectivity index (χ1n) is 7.76. The van der Waals surface area contributed by atoms with Crippen molar-refractivity contribution in [2.45, 2.75) is 50.5 Å². The lowest BCUT2D eigenvalue weighted by atomic mass is 9.86. The molecule has 2 aliphatic carbocycles. The molecule has 1 atom stereocenters. The van der Waals surface area contributed by atoms with Crippen LogP contribution in [0.4, 0.5) is 0 Å². The molecule has 4 heteroatoms. The molecule has 112 valence electrons. The van der Waals surface area contributed by atoms with E-state index >= 15 is 0 Å². The molecule has 3 rings (SSSR count). The van der Waals surface area contributed by atoms with Crippen molar-refractivity contribution in [1.82, 2.24) is 5.32 Å². The zero-order valence-electron chi connectivity index (χ0n) is 12.0. The molecular weight excluding hydrogens is 266 g/mol. The van der Waals surface area contributed by atoms with Gasteiger partial charge in [0.05, 0.1) is 11.8 Å². The number of carboxylic acids is 1. The molecule has 0 radical (unpaired) electrons. The van der Waals surface area contributed by atoms with Crippen molar-refractivity contribution in [1.29, 1.82) is 0 Å². The highest BCUT2D eigenvalue weighted by Crippen LogP contribution is 2.33. The minimum Gasteiger partial charge on any atom is -0.481 e. The van der Waals surface area contributed by atoms with Gasteiger partial charge in [-0.05, 0) is 49.7 Å². The van der Waals surface area contributed by atoms with E-state index < -0.39 is 5.97 Å². The zero-order chi connectivity index (χ0) is 14.8. The summed E-state index contributed by atoms with van der Waals surface area (Å²) in [6.07, 6.45) is 4.74. The molecule has 0 aliphatic heterocycles. The third-order valence-corrected chi connectivity index (χ3v) is 4.87. The van der Waals surface area contributed by atoms with Crippen LogP contribution in [-0.2, 0) is 16.0 Å². The Hall–Kier alpha value is -1.84. The Morgan fingerprint density at radius 1 is 1.05 bits per heavy atom. The highest BCUT2D eigenvalue weighted by molar-refractivity contribution is 5.85. The van der Waals surface area contributed by atoms with Gasteiger partial charge in [-0.15, -0.1) is 0 Å². The number of rotatable bonds is 3. The molecule has 0 saturated heterocycles. The molecule has 1 aromatic rings. The van der Waals surface area contributed by atoms with Gasteiger partial charge in [0.2, 0.25) is 5.91 Å². The van der Waals surface area contributed by atoms with Crippen molar-refractivity contribution in [3.05, 3.63) is 35.4 Å². The monoisotopic (exact) mass is 287 g/mol. The Balaban J connectivity index is 1.57. The number of carbonyl (C=O) groups excluding carboxylic acids is 1. The van der Waals surface area contributed by atoms with Gasteiger partial charge in [0.25, 0.3) is 0 Å². The number of aliphatic carboxylic acids is 1. The highest BCUT2D eigenvalue weighted by atomic mass is 16.4. The van der Waals surface area contributed by atoms with Gasteiger partial charge >= 0.3 is 5.97 Å². The van der Waals surface area contributed by atoms with E-state index in [1.807, 2.05) is 18.2 Å². The van der Waals surface area contributed by atoms with Crippen LogP contribution >= 0.6 is 0 Å². The summed E-state index contributed by atoms with van der Waals surface area (Å²) in [7, 11) is 0. The van der Waals surface area contributed by atoms with Crippen molar-refractivity contribution in [3.63, 3.8) is 0 Å². The smallest absolute Gasteiger partial charge is 0.306 e. The normalized spacial score (nSPS) is 27.9. The molecule has 1 fully saturated rings. The van der Waals surface area contributed by atoms with E-state index in [9.17, 15) is 9.59 Å². The molecule has 1 amide bonds. The second-order valence-corrected chi connectivity index (χ2v) is 6.19. The van der Waals surface area contributed by atoms with Gasteiger partial charge in [0, 0.05) is 6.04 Å². The SMILES string of the molecule is O=C(O)C1CCC(NC(=O)C2CCc3ccccc32)CC1. The lowest BCUT2D eigenvalue weighted by Crippen LogP contribution is -2.40. The van der Waals surface area contributed by atoms with Gasteiger partial charge in [0.15, 0.2) is 0 Å². The van der Waals surface area contributed by atoms with Crippen molar-refractivity contribution in [2.75, 3.05) is 0 Å². The number of hydrogen-bond donors (Lipinski definition) is 2. The van der Waals surface area contributed by atoms with Gasteiger partial charge in [-0.25, -0.2) is 0 Å². The minimum atomic E-state index is -0.704. The van der Waals surface area contributed by atoms with Crippen molar-refractivity contribution < 1.29 is 14.7 Å². The molecule has 0 bridgehead atoms. The second kappa shape index (κ2) is 5.88. The average Bonchev–Trinajstić information content (AvgIpc) is 2.92. The zero-order valence-corrected chi connectivity index (χ0v) is 12.0. The van der Waals surface area contributed by atoms with Crippen LogP contribution in [0.15, 0.2) is 24.3 Å². The summed E-state index contributed by atoms with van der Waals surface area (Å²) in [6.45, 7) is 0. The molecule has 0 heterocycles. The molecule has 0 aromatic heterocycles. The number of carbonyl (C=O) groups is 2. The first-order chi connectivity index (χ1) is 10.1. The summed E-state index contributed by atoms with van der Waals surface area (Å²) in [6, 6.07) is 8.30. The first-order valence-corrected chi connectivity index (χ1v) is 7.76. The molecule has 4 nitrogen and oxygen atoms in total. The summed E-state index contributed by atoms with van der Waals surface area (Å²) in [5.74, 6) is -0.855. The van der Waals surface area contributed by atoms with E-state index in [1.54, 1.807) is 0 Å². The van der Waals surface area contributed by atoms with Gasteiger partial charge < -0.3 is 10.4 Å². The van der Waals surface area contributed by atoms with Crippen LogP contribution in [0.25, 0.3) is 0 Å². The fourth-order valence-electron chi connectivity index (χ4n) is 3.62. The standard InChI is InChI=1S/C17H21NO3/c19-16(15-10-7-11-3-1-2-4-14(11)15)18-13-8-5-12(6-9-13)17(20)21/h1-4,12-13,15H,5-10H2,(H,18,19)(H,20,21). The summed E-state index contributed by atoms with van der Waals surface area (Å²) in [5, 5.41) is 12.1. The van der Waals surface area contributed by atoms with Crippen LogP contribution < -0.4 is 5.32 Å². The molecular formula is C17H21NO3. The number of amides is 1. The first kappa shape index (κ1) is 14.1. The quantitative estimate of drug-likeness (QED) is 0.897. The Kier molecular flexibility index (Phi) is 3.95. The molecule has 1 unspecified atom stereocenters.